The van der Waals surface area contributed by atoms with Crippen LogP contribution in [0.15, 0.2) is 16.6 Å². The van der Waals surface area contributed by atoms with Gasteiger partial charge in [0.1, 0.15) is 16.2 Å². The molecule has 0 radical (unpaired) electrons. The minimum Gasteiger partial charge on any atom is -0.444 e. The van der Waals surface area contributed by atoms with Crippen molar-refractivity contribution in [2.75, 3.05) is 13.1 Å². The molecule has 12 heteroatoms. The number of hydrogen-bond donors (Lipinski definition) is 1. The van der Waals surface area contributed by atoms with E-state index in [0.29, 0.717) is 34.4 Å². The zero-order valence-corrected chi connectivity index (χ0v) is 22.1. The van der Waals surface area contributed by atoms with E-state index >= 15 is 0 Å². The molecule has 2 aromatic heterocycles. The number of amides is 1. The highest BCUT2D eigenvalue weighted by atomic mass is 32.2. The first-order valence-electron chi connectivity index (χ1n) is 11.3. The van der Waals surface area contributed by atoms with E-state index in [1.54, 1.807) is 45.2 Å². The van der Waals surface area contributed by atoms with Crippen LogP contribution in [-0.4, -0.2) is 60.8 Å². The zero-order chi connectivity index (χ0) is 25.9. The molecule has 1 saturated heterocycles. The number of alkyl halides is 3. The summed E-state index contributed by atoms with van der Waals surface area (Å²) in [6.45, 7) is 11.0. The lowest BCUT2D eigenvalue weighted by Gasteiger charge is -2.40. The highest BCUT2D eigenvalue weighted by molar-refractivity contribution is 8.04. The number of aliphatic hydroxyl groups is 1. The van der Waals surface area contributed by atoms with Crippen molar-refractivity contribution >= 4 is 39.7 Å². The van der Waals surface area contributed by atoms with Crippen LogP contribution in [0.25, 0.3) is 10.5 Å². The number of imidazole rings is 1. The summed E-state index contributed by atoms with van der Waals surface area (Å²) in [4.78, 5) is 19.0. The number of thioether (sulfide) groups is 1. The number of ether oxygens (including phenoxy) is 1. The van der Waals surface area contributed by atoms with Crippen LogP contribution in [0.1, 0.15) is 63.9 Å². The molecule has 0 bridgehead atoms. The van der Waals surface area contributed by atoms with Crippen molar-refractivity contribution in [3.8, 4) is 0 Å². The summed E-state index contributed by atoms with van der Waals surface area (Å²) >= 11 is 2.41. The van der Waals surface area contributed by atoms with Crippen LogP contribution in [0.2, 0.25) is 0 Å². The molecule has 1 aliphatic heterocycles. The first kappa shape index (κ1) is 26.0. The third-order valence-corrected chi connectivity index (χ3v) is 8.06. The van der Waals surface area contributed by atoms with Crippen molar-refractivity contribution in [2.45, 2.75) is 77.0 Å². The summed E-state index contributed by atoms with van der Waals surface area (Å²) < 4.78 is 48.5. The van der Waals surface area contributed by atoms with Gasteiger partial charge in [0.05, 0.1) is 11.4 Å². The van der Waals surface area contributed by atoms with Crippen molar-refractivity contribution in [1.29, 1.82) is 0 Å². The van der Waals surface area contributed by atoms with Gasteiger partial charge in [0, 0.05) is 28.8 Å². The normalized spacial score (nSPS) is 18.2. The molecule has 0 saturated carbocycles. The predicted molar refractivity (Wildman–Crippen MR) is 130 cm³/mol. The quantitative estimate of drug-likeness (QED) is 0.549. The minimum absolute atomic E-state index is 0.144. The molecule has 192 valence electrons. The number of aryl methyl sites for hydroxylation is 1. The van der Waals surface area contributed by atoms with E-state index in [9.17, 15) is 23.1 Å². The maximum absolute atomic E-state index is 13.8. The first-order chi connectivity index (χ1) is 16.0. The summed E-state index contributed by atoms with van der Waals surface area (Å²) in [5.41, 5.74) is -0.256. The highest BCUT2D eigenvalue weighted by Crippen LogP contribution is 2.45. The lowest BCUT2D eigenvalue weighted by molar-refractivity contribution is -0.0942. The number of halogens is 3. The second-order valence-electron chi connectivity index (χ2n) is 10.3. The van der Waals surface area contributed by atoms with Crippen molar-refractivity contribution in [1.82, 2.24) is 19.5 Å². The second kappa shape index (κ2) is 8.81. The Morgan fingerprint density at radius 1 is 1.20 bits per heavy atom. The van der Waals surface area contributed by atoms with Crippen molar-refractivity contribution in [3.63, 3.8) is 0 Å². The summed E-state index contributed by atoms with van der Waals surface area (Å²) in [6, 6.07) is 0. The number of allylic oxidation sites excluding steroid dienone is 3. The van der Waals surface area contributed by atoms with Gasteiger partial charge in [0.15, 0.2) is 0 Å². The number of fused-ring (bicyclic) bond motifs is 1. The summed E-state index contributed by atoms with van der Waals surface area (Å²) in [5.74, 6) is 0. The fourth-order valence-electron chi connectivity index (χ4n) is 3.91. The summed E-state index contributed by atoms with van der Waals surface area (Å²) in [7, 11) is 0. The average Bonchev–Trinajstić information content (AvgIpc) is 3.18. The van der Waals surface area contributed by atoms with Gasteiger partial charge < -0.3 is 14.7 Å². The molecule has 0 aromatic carbocycles. The Morgan fingerprint density at radius 2 is 1.86 bits per heavy atom. The molecular weight excluding hydrogens is 501 g/mol. The molecule has 1 amide bonds. The molecule has 4 rings (SSSR count). The van der Waals surface area contributed by atoms with Crippen LogP contribution in [-0.2, 0) is 10.3 Å². The molecule has 2 aliphatic rings. The molecule has 1 N–H and O–H groups in total. The topological polar surface area (TPSA) is 80.0 Å². The number of aromatic nitrogens is 3. The van der Waals surface area contributed by atoms with Gasteiger partial charge in [0.2, 0.25) is 4.96 Å². The first-order valence-corrected chi connectivity index (χ1v) is 13.0. The Balaban J connectivity index is 1.61. The van der Waals surface area contributed by atoms with Gasteiger partial charge in [-0.25, -0.2) is 14.3 Å². The Hall–Kier alpha value is -2.05. The lowest BCUT2D eigenvalue weighted by atomic mass is 9.95. The van der Waals surface area contributed by atoms with E-state index < -0.39 is 29.0 Å². The van der Waals surface area contributed by atoms with Gasteiger partial charge in [-0.05, 0) is 66.0 Å². The smallest absolute Gasteiger partial charge is 0.413 e. The van der Waals surface area contributed by atoms with Crippen LogP contribution < -0.4 is 0 Å². The fourth-order valence-corrected chi connectivity index (χ4v) is 6.29. The molecule has 3 heterocycles. The van der Waals surface area contributed by atoms with Crippen molar-refractivity contribution < 1.29 is 27.8 Å². The third kappa shape index (κ3) is 5.54. The van der Waals surface area contributed by atoms with Gasteiger partial charge in [-0.1, -0.05) is 11.3 Å². The highest BCUT2D eigenvalue weighted by Gasteiger charge is 2.41. The van der Waals surface area contributed by atoms with Crippen LogP contribution >= 0.6 is 23.1 Å². The number of likely N-dealkylation sites (tertiary alicyclic amines) is 1. The number of nitrogens with zero attached hydrogens (tertiary/aromatic N) is 4. The van der Waals surface area contributed by atoms with Gasteiger partial charge in [0.25, 0.3) is 0 Å². The monoisotopic (exact) mass is 530 g/mol. The molecular formula is C23H29F3N4O3S2. The van der Waals surface area contributed by atoms with E-state index in [1.807, 2.05) is 6.92 Å². The molecule has 0 unspecified atom stereocenters. The maximum Gasteiger partial charge on any atom is 0.413 e. The third-order valence-electron chi connectivity index (χ3n) is 5.59. The molecule has 1 fully saturated rings. The second-order valence-corrected chi connectivity index (χ2v) is 12.6. The van der Waals surface area contributed by atoms with Gasteiger partial charge in [-0.2, -0.15) is 18.3 Å². The number of carbonyl (C=O) groups excluding carboxylic acids is 1. The van der Waals surface area contributed by atoms with Crippen molar-refractivity contribution in [2.24, 2.45) is 0 Å². The number of carbonyl (C=O) groups is 1. The SMILES string of the molecule is Cc1nc2sc(C(C)(C)O)nn2c1C1=CC(SC2CN(C(=O)OC(C)(C)C)C2)=C(C(F)(F)F)CC1. The Morgan fingerprint density at radius 3 is 2.43 bits per heavy atom. The molecule has 35 heavy (non-hydrogen) atoms. The Labute approximate surface area is 210 Å². The van der Waals surface area contributed by atoms with Gasteiger partial charge in [-0.3, -0.25) is 0 Å². The summed E-state index contributed by atoms with van der Waals surface area (Å²) in [6.07, 6.45) is -3.24. The average molecular weight is 531 g/mol. The fraction of sp³-hybridized carbons (Fsp3) is 0.609. The summed E-state index contributed by atoms with van der Waals surface area (Å²) in [5, 5.41) is 15.1. The maximum atomic E-state index is 13.8. The van der Waals surface area contributed by atoms with Crippen LogP contribution in [0.5, 0.6) is 0 Å². The molecule has 2 aromatic rings. The Bertz CT molecular complexity index is 1210. The van der Waals surface area contributed by atoms with Gasteiger partial charge in [-0.15, -0.1) is 11.8 Å². The number of rotatable bonds is 4. The Kier molecular flexibility index (Phi) is 6.55. The largest absolute Gasteiger partial charge is 0.444 e. The van der Waals surface area contributed by atoms with Gasteiger partial charge >= 0.3 is 12.3 Å². The van der Waals surface area contributed by atoms with E-state index in [2.05, 4.69) is 10.1 Å². The minimum atomic E-state index is -4.44. The van der Waals surface area contributed by atoms with E-state index in [1.165, 1.54) is 16.2 Å². The standard InChI is InChI=1S/C23H29F3N4O3S2/c1-12-17(30-19(27-12)35-18(28-30)22(5,6)32)13-7-8-15(23(24,25)26)16(9-13)34-14-10-29(11-14)20(31)33-21(2,3)4/h9,14,32H,7-8,10-11H2,1-6H3. The van der Waals surface area contributed by atoms with E-state index in [-0.39, 0.29) is 23.0 Å². The van der Waals surface area contributed by atoms with E-state index in [0.717, 1.165) is 17.3 Å². The van der Waals surface area contributed by atoms with Crippen LogP contribution in [0, 0.1) is 6.92 Å². The van der Waals surface area contributed by atoms with Crippen LogP contribution in [0.4, 0.5) is 18.0 Å². The molecule has 0 atom stereocenters. The van der Waals surface area contributed by atoms with Crippen LogP contribution in [0.3, 0.4) is 0 Å². The molecule has 1 aliphatic carbocycles. The lowest BCUT2D eigenvalue weighted by Crippen LogP contribution is -2.53. The number of hydrogen-bond acceptors (Lipinski definition) is 7. The predicted octanol–water partition coefficient (Wildman–Crippen LogP) is 5.67. The van der Waals surface area contributed by atoms with Crippen molar-refractivity contribution in [3.05, 3.63) is 32.9 Å². The molecule has 7 nitrogen and oxygen atoms in total. The van der Waals surface area contributed by atoms with E-state index in [4.69, 9.17) is 4.74 Å². The molecule has 0 spiro atoms. The zero-order valence-electron chi connectivity index (χ0n) is 20.5.